The molecule has 2 aromatic carbocycles. The van der Waals surface area contributed by atoms with Gasteiger partial charge in [-0.2, -0.15) is 5.10 Å². The largest absolute Gasteiger partial charge is 0.508 e. The summed E-state index contributed by atoms with van der Waals surface area (Å²) >= 11 is 0. The van der Waals surface area contributed by atoms with Crippen LogP contribution in [0.15, 0.2) is 67.0 Å². The normalized spacial score (nSPS) is 11.9. The number of rotatable bonds is 5. The van der Waals surface area contributed by atoms with Crippen molar-refractivity contribution in [1.82, 2.24) is 15.1 Å². The average molecular weight is 323 g/mol. The zero-order valence-electron chi connectivity index (χ0n) is 12.8. The van der Waals surface area contributed by atoms with Crippen LogP contribution in [-0.4, -0.2) is 32.4 Å². The highest BCUT2D eigenvalue weighted by Gasteiger charge is 2.14. The van der Waals surface area contributed by atoms with Gasteiger partial charge in [0.25, 0.3) is 5.91 Å². The minimum Gasteiger partial charge on any atom is -0.508 e. The summed E-state index contributed by atoms with van der Waals surface area (Å²) < 4.78 is 1.62. The maximum absolute atomic E-state index is 12.4. The molecule has 0 aliphatic rings. The molecule has 1 heterocycles. The molecule has 0 aliphatic heterocycles. The molecule has 6 nitrogen and oxygen atoms in total. The lowest BCUT2D eigenvalue weighted by Crippen LogP contribution is -2.29. The molecule has 0 unspecified atom stereocenters. The molecule has 0 aliphatic carbocycles. The Hall–Kier alpha value is -3.12. The fourth-order valence-electron chi connectivity index (χ4n) is 2.38. The van der Waals surface area contributed by atoms with E-state index in [1.807, 2.05) is 6.07 Å². The Balaban J connectivity index is 1.71. The van der Waals surface area contributed by atoms with Crippen molar-refractivity contribution in [3.8, 4) is 11.4 Å². The highest BCUT2D eigenvalue weighted by molar-refractivity contribution is 5.97. The molecule has 0 fully saturated rings. The third-order valence-electron chi connectivity index (χ3n) is 3.63. The van der Waals surface area contributed by atoms with Gasteiger partial charge in [-0.25, -0.2) is 4.68 Å². The van der Waals surface area contributed by atoms with E-state index in [4.69, 9.17) is 0 Å². The van der Waals surface area contributed by atoms with Crippen LogP contribution in [0.4, 0.5) is 0 Å². The van der Waals surface area contributed by atoms with Crippen molar-refractivity contribution in [2.24, 2.45) is 0 Å². The summed E-state index contributed by atoms with van der Waals surface area (Å²) in [4.78, 5) is 12.4. The summed E-state index contributed by atoms with van der Waals surface area (Å²) in [5.41, 5.74) is 1.76. The van der Waals surface area contributed by atoms with Crippen LogP contribution in [0.5, 0.6) is 5.75 Å². The predicted octanol–water partition coefficient (Wildman–Crippen LogP) is 2.04. The molecule has 3 rings (SSSR count). The van der Waals surface area contributed by atoms with E-state index >= 15 is 0 Å². The van der Waals surface area contributed by atoms with Crippen molar-refractivity contribution >= 4 is 5.91 Å². The zero-order valence-corrected chi connectivity index (χ0v) is 12.8. The minimum absolute atomic E-state index is 0.0665. The standard InChI is InChI=1S/C18H17N3O3/c22-14-8-6-13(7-9-14)17(23)12-19-18(24)15-4-1-2-5-16(15)21-11-3-10-20-21/h1-11,17,22-23H,12H2,(H,19,24)/t17-/m0/s1. The number of benzene rings is 2. The molecule has 0 spiro atoms. The van der Waals surface area contributed by atoms with Crippen LogP contribution in [0.1, 0.15) is 22.0 Å². The third-order valence-corrected chi connectivity index (χ3v) is 3.63. The van der Waals surface area contributed by atoms with Gasteiger partial charge >= 0.3 is 0 Å². The number of carbonyl (C=O) groups excluding carboxylic acids is 1. The maximum Gasteiger partial charge on any atom is 0.253 e. The van der Waals surface area contributed by atoms with Gasteiger partial charge in [0.1, 0.15) is 5.75 Å². The monoisotopic (exact) mass is 323 g/mol. The lowest BCUT2D eigenvalue weighted by atomic mass is 10.1. The second kappa shape index (κ2) is 6.97. The van der Waals surface area contributed by atoms with Crippen LogP contribution in [0.25, 0.3) is 5.69 Å². The number of aliphatic hydroxyl groups excluding tert-OH is 1. The topological polar surface area (TPSA) is 87.4 Å². The van der Waals surface area contributed by atoms with Crippen molar-refractivity contribution in [1.29, 1.82) is 0 Å². The van der Waals surface area contributed by atoms with Crippen LogP contribution in [0.2, 0.25) is 0 Å². The van der Waals surface area contributed by atoms with Gasteiger partial charge in [0, 0.05) is 18.9 Å². The molecule has 3 N–H and O–H groups in total. The molecule has 6 heteroatoms. The van der Waals surface area contributed by atoms with E-state index in [2.05, 4.69) is 10.4 Å². The highest BCUT2D eigenvalue weighted by atomic mass is 16.3. The SMILES string of the molecule is O=C(NC[C@H](O)c1ccc(O)cc1)c1ccccc1-n1cccn1. The van der Waals surface area contributed by atoms with Gasteiger partial charge < -0.3 is 15.5 Å². The van der Waals surface area contributed by atoms with Crippen LogP contribution in [-0.2, 0) is 0 Å². The Bertz CT molecular complexity index is 814. The first-order chi connectivity index (χ1) is 11.6. The molecular weight excluding hydrogens is 306 g/mol. The number of hydrogen-bond acceptors (Lipinski definition) is 4. The van der Waals surface area contributed by atoms with Crippen molar-refractivity contribution < 1.29 is 15.0 Å². The van der Waals surface area contributed by atoms with Crippen molar-refractivity contribution in [3.63, 3.8) is 0 Å². The second-order valence-electron chi connectivity index (χ2n) is 5.29. The molecule has 0 bridgehead atoms. The van der Waals surface area contributed by atoms with Crippen molar-refractivity contribution in [2.75, 3.05) is 6.54 Å². The second-order valence-corrected chi connectivity index (χ2v) is 5.29. The predicted molar refractivity (Wildman–Crippen MR) is 89.0 cm³/mol. The van der Waals surface area contributed by atoms with Crippen LogP contribution < -0.4 is 5.32 Å². The maximum atomic E-state index is 12.4. The number of aliphatic hydroxyl groups is 1. The number of phenols is 1. The van der Waals surface area contributed by atoms with E-state index in [1.165, 1.54) is 12.1 Å². The number of carbonyl (C=O) groups is 1. The van der Waals surface area contributed by atoms with Crippen molar-refractivity contribution in [2.45, 2.75) is 6.10 Å². The Labute approximate surface area is 139 Å². The highest BCUT2D eigenvalue weighted by Crippen LogP contribution is 2.17. The first kappa shape index (κ1) is 15.8. The molecular formula is C18H17N3O3. The van der Waals surface area contributed by atoms with Crippen molar-refractivity contribution in [3.05, 3.63) is 78.1 Å². The Morgan fingerprint density at radius 1 is 1.12 bits per heavy atom. The summed E-state index contributed by atoms with van der Waals surface area (Å²) in [5, 5.41) is 26.3. The van der Waals surface area contributed by atoms with Crippen LogP contribution >= 0.6 is 0 Å². The summed E-state index contributed by atoms with van der Waals surface area (Å²) in [6.45, 7) is 0.0665. The average Bonchev–Trinajstić information content (AvgIpc) is 3.14. The molecule has 3 aromatic rings. The Kier molecular flexibility index (Phi) is 4.58. The first-order valence-corrected chi connectivity index (χ1v) is 7.49. The summed E-state index contributed by atoms with van der Waals surface area (Å²) in [5.74, 6) is -0.165. The summed E-state index contributed by atoms with van der Waals surface area (Å²) in [6.07, 6.45) is 2.55. The molecule has 122 valence electrons. The number of para-hydroxylation sites is 1. The number of aromatic hydroxyl groups is 1. The van der Waals surface area contributed by atoms with Gasteiger partial charge in [-0.05, 0) is 35.9 Å². The van der Waals surface area contributed by atoms with Gasteiger partial charge in [0.15, 0.2) is 0 Å². The van der Waals surface area contributed by atoms with E-state index in [0.29, 0.717) is 16.8 Å². The summed E-state index contributed by atoms with van der Waals surface area (Å²) in [6, 6.07) is 15.1. The molecule has 0 saturated carbocycles. The minimum atomic E-state index is -0.855. The van der Waals surface area contributed by atoms with Gasteiger partial charge in [-0.1, -0.05) is 24.3 Å². The number of hydrogen-bond donors (Lipinski definition) is 3. The molecule has 1 amide bonds. The van der Waals surface area contributed by atoms with Gasteiger partial charge in [-0.15, -0.1) is 0 Å². The fraction of sp³-hybridized carbons (Fsp3) is 0.111. The van der Waals surface area contributed by atoms with Gasteiger partial charge in [0.05, 0.1) is 17.4 Å². The number of amides is 1. The number of nitrogens with zero attached hydrogens (tertiary/aromatic N) is 2. The number of nitrogens with one attached hydrogen (secondary N) is 1. The van der Waals surface area contributed by atoms with E-state index in [9.17, 15) is 15.0 Å². The van der Waals surface area contributed by atoms with Crippen LogP contribution in [0, 0.1) is 0 Å². The van der Waals surface area contributed by atoms with E-state index in [1.54, 1.807) is 53.5 Å². The van der Waals surface area contributed by atoms with E-state index < -0.39 is 6.10 Å². The smallest absolute Gasteiger partial charge is 0.253 e. The van der Waals surface area contributed by atoms with E-state index in [0.717, 1.165) is 0 Å². The van der Waals surface area contributed by atoms with Crippen LogP contribution in [0.3, 0.4) is 0 Å². The number of aromatic nitrogens is 2. The molecule has 1 aromatic heterocycles. The quantitative estimate of drug-likeness (QED) is 0.670. The lowest BCUT2D eigenvalue weighted by Gasteiger charge is -2.14. The summed E-state index contributed by atoms with van der Waals surface area (Å²) in [7, 11) is 0. The Morgan fingerprint density at radius 3 is 2.58 bits per heavy atom. The van der Waals surface area contributed by atoms with Gasteiger partial charge in [-0.3, -0.25) is 4.79 Å². The Morgan fingerprint density at radius 2 is 1.88 bits per heavy atom. The van der Waals surface area contributed by atoms with E-state index in [-0.39, 0.29) is 18.2 Å². The fourth-order valence-corrected chi connectivity index (χ4v) is 2.38. The molecule has 0 saturated heterocycles. The lowest BCUT2D eigenvalue weighted by molar-refractivity contribution is 0.0916. The first-order valence-electron chi connectivity index (χ1n) is 7.49. The third kappa shape index (κ3) is 3.44. The molecule has 24 heavy (non-hydrogen) atoms. The molecule has 0 radical (unpaired) electrons. The van der Waals surface area contributed by atoms with Gasteiger partial charge in [0.2, 0.25) is 0 Å². The zero-order chi connectivity index (χ0) is 16.9. The number of phenolic OH excluding ortho intramolecular Hbond substituents is 1. The molecule has 1 atom stereocenters.